The highest BCUT2D eigenvalue weighted by Crippen LogP contribution is 2.39. The van der Waals surface area contributed by atoms with Gasteiger partial charge in [-0.1, -0.05) is 6.07 Å². The van der Waals surface area contributed by atoms with Gasteiger partial charge in [-0.2, -0.15) is 0 Å². The lowest BCUT2D eigenvalue weighted by Gasteiger charge is -2.31. The molecule has 1 N–H and O–H groups in total. The van der Waals surface area contributed by atoms with Gasteiger partial charge in [0.1, 0.15) is 0 Å². The normalized spacial score (nSPS) is 18.5. The van der Waals surface area contributed by atoms with Crippen molar-refractivity contribution in [1.82, 2.24) is 5.32 Å². The Bertz CT molecular complexity index is 527. The quantitative estimate of drug-likeness (QED) is 0.795. The van der Waals surface area contributed by atoms with Crippen molar-refractivity contribution in [2.75, 3.05) is 24.5 Å². The van der Waals surface area contributed by atoms with E-state index < -0.39 is 0 Å². The van der Waals surface area contributed by atoms with Crippen molar-refractivity contribution in [1.29, 1.82) is 0 Å². The van der Waals surface area contributed by atoms with Crippen LogP contribution in [0.1, 0.15) is 30.0 Å². The summed E-state index contributed by atoms with van der Waals surface area (Å²) < 4.78 is 1.15. The van der Waals surface area contributed by atoms with Crippen molar-refractivity contribution >= 4 is 27.5 Å². The number of rotatable bonds is 0. The van der Waals surface area contributed by atoms with E-state index in [0.717, 1.165) is 55.5 Å². The summed E-state index contributed by atoms with van der Waals surface area (Å²) in [6.45, 7) is 4.58. The highest BCUT2D eigenvalue weighted by molar-refractivity contribution is 9.10. The van der Waals surface area contributed by atoms with E-state index in [0.29, 0.717) is 0 Å². The summed E-state index contributed by atoms with van der Waals surface area (Å²) in [6.07, 6.45) is 4.27. The maximum absolute atomic E-state index is 11.8. The van der Waals surface area contributed by atoms with E-state index >= 15 is 0 Å². The minimum Gasteiger partial charge on any atom is -0.316 e. The molecule has 0 unspecified atom stereocenters. The Morgan fingerprint density at radius 1 is 1.26 bits per heavy atom. The van der Waals surface area contributed by atoms with Gasteiger partial charge in [0.2, 0.25) is 5.91 Å². The Labute approximate surface area is 122 Å². The van der Waals surface area contributed by atoms with Gasteiger partial charge in [-0.05, 0) is 71.4 Å². The van der Waals surface area contributed by atoms with Gasteiger partial charge in [0, 0.05) is 17.9 Å². The number of carbonyl (C=O) groups excluding carboxylic acids is 1. The second-order valence-corrected chi connectivity index (χ2v) is 6.15. The first-order valence-corrected chi connectivity index (χ1v) is 7.79. The van der Waals surface area contributed by atoms with Gasteiger partial charge in [-0.25, -0.2) is 0 Å². The molecule has 0 aromatic heterocycles. The molecule has 19 heavy (non-hydrogen) atoms. The summed E-state index contributed by atoms with van der Waals surface area (Å²) in [6, 6.07) is 2.33. The van der Waals surface area contributed by atoms with Gasteiger partial charge < -0.3 is 10.2 Å². The van der Waals surface area contributed by atoms with Crippen LogP contribution in [0, 0.1) is 0 Å². The van der Waals surface area contributed by atoms with Crippen molar-refractivity contribution in [2.45, 2.75) is 32.6 Å². The standard InChI is InChI=1S/C15H19BrN2O/c1-10(19)18-8-2-3-12-9-11-4-6-17-7-5-13(11)14(16)15(12)18/h9,17H,2-8H2,1H3. The molecule has 4 heteroatoms. The van der Waals surface area contributed by atoms with Crippen LogP contribution in [-0.4, -0.2) is 25.5 Å². The van der Waals surface area contributed by atoms with Gasteiger partial charge in [0.15, 0.2) is 0 Å². The Balaban J connectivity index is 2.15. The van der Waals surface area contributed by atoms with Gasteiger partial charge >= 0.3 is 0 Å². The summed E-state index contributed by atoms with van der Waals surface area (Å²) in [7, 11) is 0. The number of nitrogens with zero attached hydrogens (tertiary/aromatic N) is 1. The highest BCUT2D eigenvalue weighted by Gasteiger charge is 2.26. The van der Waals surface area contributed by atoms with E-state index in [1.165, 1.54) is 16.7 Å². The Morgan fingerprint density at radius 3 is 2.84 bits per heavy atom. The molecular weight excluding hydrogens is 304 g/mol. The predicted octanol–water partition coefficient (Wildman–Crippen LogP) is 2.44. The zero-order valence-corrected chi connectivity index (χ0v) is 12.8. The summed E-state index contributed by atoms with van der Waals surface area (Å²) in [5.74, 6) is 0.147. The predicted molar refractivity (Wildman–Crippen MR) is 80.8 cm³/mol. The highest BCUT2D eigenvalue weighted by atomic mass is 79.9. The molecule has 0 atom stereocenters. The maximum atomic E-state index is 11.8. The molecule has 2 aliphatic heterocycles. The van der Waals surface area contributed by atoms with Crippen molar-refractivity contribution in [3.8, 4) is 0 Å². The van der Waals surface area contributed by atoms with Crippen molar-refractivity contribution in [3.05, 3.63) is 27.2 Å². The van der Waals surface area contributed by atoms with Crippen molar-refractivity contribution in [3.63, 3.8) is 0 Å². The first-order valence-electron chi connectivity index (χ1n) is 7.00. The number of carbonyl (C=O) groups is 1. The largest absolute Gasteiger partial charge is 0.316 e. The van der Waals surface area contributed by atoms with Crippen LogP contribution in [-0.2, 0) is 24.1 Å². The lowest BCUT2D eigenvalue weighted by molar-refractivity contribution is -0.116. The maximum Gasteiger partial charge on any atom is 0.223 e. The number of anilines is 1. The second kappa shape index (κ2) is 5.25. The number of aryl methyl sites for hydroxylation is 1. The van der Waals surface area contributed by atoms with E-state index in [4.69, 9.17) is 0 Å². The molecule has 3 nitrogen and oxygen atoms in total. The number of hydrogen-bond acceptors (Lipinski definition) is 2. The molecule has 102 valence electrons. The summed E-state index contributed by atoms with van der Waals surface area (Å²) in [5, 5.41) is 3.44. The van der Waals surface area contributed by atoms with E-state index in [1.54, 1.807) is 6.92 Å². The molecule has 2 heterocycles. The molecule has 0 saturated heterocycles. The van der Waals surface area contributed by atoms with E-state index in [-0.39, 0.29) is 5.91 Å². The average molecular weight is 323 g/mol. The SMILES string of the molecule is CC(=O)N1CCCc2cc3c(c(Br)c21)CCNCC3. The zero-order chi connectivity index (χ0) is 13.4. The molecule has 0 radical (unpaired) electrons. The molecule has 3 rings (SSSR count). The molecular formula is C15H19BrN2O. The van der Waals surface area contributed by atoms with Crippen LogP contribution in [0.15, 0.2) is 10.5 Å². The van der Waals surface area contributed by atoms with Crippen LogP contribution in [0.2, 0.25) is 0 Å². The summed E-state index contributed by atoms with van der Waals surface area (Å²) >= 11 is 3.77. The first-order chi connectivity index (χ1) is 9.18. The number of nitrogens with one attached hydrogen (secondary N) is 1. The minimum absolute atomic E-state index is 0.147. The fourth-order valence-electron chi connectivity index (χ4n) is 3.18. The van der Waals surface area contributed by atoms with Crippen molar-refractivity contribution < 1.29 is 4.79 Å². The smallest absolute Gasteiger partial charge is 0.223 e. The summed E-state index contributed by atoms with van der Waals surface area (Å²) in [5.41, 5.74) is 5.28. The zero-order valence-electron chi connectivity index (χ0n) is 11.3. The van der Waals surface area contributed by atoms with Crippen LogP contribution in [0.25, 0.3) is 0 Å². The number of hydrogen-bond donors (Lipinski definition) is 1. The van der Waals surface area contributed by atoms with E-state index in [1.807, 2.05) is 4.90 Å². The van der Waals surface area contributed by atoms with E-state index in [9.17, 15) is 4.79 Å². The van der Waals surface area contributed by atoms with Gasteiger partial charge in [0.25, 0.3) is 0 Å². The average Bonchev–Trinajstić information content (AvgIpc) is 2.63. The molecule has 0 spiro atoms. The Kier molecular flexibility index (Phi) is 3.63. The lowest BCUT2D eigenvalue weighted by Crippen LogP contribution is -2.34. The number of amides is 1. The molecule has 1 aromatic carbocycles. The third-order valence-electron chi connectivity index (χ3n) is 4.11. The first kappa shape index (κ1) is 13.1. The van der Waals surface area contributed by atoms with Crippen LogP contribution < -0.4 is 10.2 Å². The van der Waals surface area contributed by atoms with Gasteiger partial charge in [-0.3, -0.25) is 4.79 Å². The fourth-order valence-corrected chi connectivity index (χ4v) is 4.10. The topological polar surface area (TPSA) is 32.3 Å². The minimum atomic E-state index is 0.147. The Morgan fingerprint density at radius 2 is 2.05 bits per heavy atom. The molecule has 0 aliphatic carbocycles. The monoisotopic (exact) mass is 322 g/mol. The fraction of sp³-hybridized carbons (Fsp3) is 0.533. The Hall–Kier alpha value is -0.870. The number of halogens is 1. The third kappa shape index (κ3) is 2.32. The lowest BCUT2D eigenvalue weighted by atomic mass is 9.93. The van der Waals surface area contributed by atoms with Crippen LogP contribution in [0.4, 0.5) is 5.69 Å². The third-order valence-corrected chi connectivity index (χ3v) is 4.97. The number of benzene rings is 1. The molecule has 1 aromatic rings. The van der Waals surface area contributed by atoms with Gasteiger partial charge in [-0.15, -0.1) is 0 Å². The van der Waals surface area contributed by atoms with Crippen molar-refractivity contribution in [2.24, 2.45) is 0 Å². The van der Waals surface area contributed by atoms with Gasteiger partial charge in [0.05, 0.1) is 5.69 Å². The second-order valence-electron chi connectivity index (χ2n) is 5.36. The summed E-state index contributed by atoms with van der Waals surface area (Å²) in [4.78, 5) is 13.8. The van der Waals surface area contributed by atoms with Crippen LogP contribution >= 0.6 is 15.9 Å². The van der Waals surface area contributed by atoms with Crippen LogP contribution in [0.3, 0.4) is 0 Å². The van der Waals surface area contributed by atoms with Crippen LogP contribution in [0.5, 0.6) is 0 Å². The molecule has 0 fully saturated rings. The molecule has 0 bridgehead atoms. The molecule has 2 aliphatic rings. The molecule has 1 amide bonds. The molecule has 0 saturated carbocycles. The number of fused-ring (bicyclic) bond motifs is 2. The van der Waals surface area contributed by atoms with E-state index in [2.05, 4.69) is 27.3 Å².